The van der Waals surface area contributed by atoms with Gasteiger partial charge in [0.15, 0.2) is 0 Å². The second kappa shape index (κ2) is 11.4. The zero-order valence-electron chi connectivity index (χ0n) is 23.8. The molecule has 214 valence electrons. The molecule has 2 fully saturated rings. The highest BCUT2D eigenvalue weighted by Crippen LogP contribution is 2.36. The molecular formula is C30H37N9O2. The number of carbonyl (C=O) groups is 1. The minimum Gasteiger partial charge on any atom is -0.462 e. The fourth-order valence-corrected chi connectivity index (χ4v) is 6.53. The summed E-state index contributed by atoms with van der Waals surface area (Å²) >= 11 is 0. The number of aryl methyl sites for hydroxylation is 1. The molecule has 3 aliphatic rings. The van der Waals surface area contributed by atoms with E-state index in [-0.39, 0.29) is 18.4 Å². The molecule has 11 heteroatoms. The van der Waals surface area contributed by atoms with Gasteiger partial charge in [0.2, 0.25) is 5.91 Å². The quantitative estimate of drug-likeness (QED) is 0.439. The summed E-state index contributed by atoms with van der Waals surface area (Å²) in [5.74, 6) is 0.718. The Bertz CT molecular complexity index is 1500. The number of anilines is 2. The topological polar surface area (TPSA) is 118 Å². The van der Waals surface area contributed by atoms with Crippen molar-refractivity contribution in [2.75, 3.05) is 56.2 Å². The number of benzene rings is 1. The molecule has 3 aliphatic heterocycles. The van der Waals surface area contributed by atoms with Gasteiger partial charge in [0.05, 0.1) is 48.2 Å². The van der Waals surface area contributed by atoms with Crippen molar-refractivity contribution in [2.45, 2.75) is 51.2 Å². The first-order valence-electron chi connectivity index (χ1n) is 14.4. The Morgan fingerprint density at radius 1 is 1.22 bits per heavy atom. The minimum absolute atomic E-state index is 0.140. The van der Waals surface area contributed by atoms with Crippen LogP contribution in [0.4, 0.5) is 11.5 Å². The number of likely N-dealkylation sites (N-methyl/N-ethyl adjacent to an activating group) is 1. The Kier molecular flexibility index (Phi) is 7.49. The fourth-order valence-electron chi connectivity index (χ4n) is 6.53. The molecule has 0 bridgehead atoms. The van der Waals surface area contributed by atoms with Crippen molar-refractivity contribution >= 4 is 28.3 Å². The van der Waals surface area contributed by atoms with Crippen LogP contribution in [-0.4, -0.2) is 94.3 Å². The van der Waals surface area contributed by atoms with E-state index < -0.39 is 0 Å². The van der Waals surface area contributed by atoms with Crippen molar-refractivity contribution in [3.8, 4) is 12.1 Å². The van der Waals surface area contributed by atoms with E-state index >= 15 is 0 Å². The number of likely N-dealkylation sites (tertiary alicyclic amines) is 1. The highest BCUT2D eigenvalue weighted by molar-refractivity contribution is 5.93. The van der Waals surface area contributed by atoms with Gasteiger partial charge >= 0.3 is 6.01 Å². The predicted molar refractivity (Wildman–Crippen MR) is 157 cm³/mol. The molecule has 1 unspecified atom stereocenters. The van der Waals surface area contributed by atoms with Gasteiger partial charge in [-0.3, -0.25) is 9.89 Å². The lowest BCUT2D eigenvalue weighted by atomic mass is 10.0. The molecule has 11 nitrogen and oxygen atoms in total. The van der Waals surface area contributed by atoms with Gasteiger partial charge in [-0.2, -0.15) is 20.3 Å². The van der Waals surface area contributed by atoms with Crippen molar-refractivity contribution in [2.24, 2.45) is 0 Å². The van der Waals surface area contributed by atoms with Gasteiger partial charge < -0.3 is 24.3 Å². The first-order valence-corrected chi connectivity index (χ1v) is 14.4. The number of rotatable bonds is 7. The second-order valence-corrected chi connectivity index (χ2v) is 11.3. The lowest BCUT2D eigenvalue weighted by Crippen LogP contribution is -2.55. The van der Waals surface area contributed by atoms with Crippen LogP contribution in [-0.2, 0) is 17.8 Å². The monoisotopic (exact) mass is 555 g/mol. The highest BCUT2D eigenvalue weighted by Gasteiger charge is 2.34. The molecule has 0 aliphatic carbocycles. The van der Waals surface area contributed by atoms with Crippen LogP contribution < -0.4 is 14.5 Å². The number of hydrogen-bond donors (Lipinski definition) is 1. The van der Waals surface area contributed by atoms with Crippen molar-refractivity contribution in [3.05, 3.63) is 47.8 Å². The summed E-state index contributed by atoms with van der Waals surface area (Å²) in [6.45, 7) is 10.5. The Labute approximate surface area is 240 Å². The van der Waals surface area contributed by atoms with Gasteiger partial charge in [-0.15, -0.1) is 0 Å². The number of nitrogens with zero attached hydrogens (tertiary/aromatic N) is 8. The molecule has 2 saturated heterocycles. The van der Waals surface area contributed by atoms with Gasteiger partial charge in [-0.1, -0.05) is 12.6 Å². The molecular weight excluding hydrogens is 518 g/mol. The zero-order valence-corrected chi connectivity index (χ0v) is 23.8. The highest BCUT2D eigenvalue weighted by atomic mass is 16.5. The smallest absolute Gasteiger partial charge is 0.318 e. The van der Waals surface area contributed by atoms with Gasteiger partial charge in [-0.05, 0) is 57.5 Å². The molecule has 3 aromatic rings. The molecule has 5 heterocycles. The molecule has 1 amide bonds. The van der Waals surface area contributed by atoms with E-state index in [1.807, 2.05) is 6.20 Å². The van der Waals surface area contributed by atoms with Gasteiger partial charge in [0.1, 0.15) is 12.4 Å². The van der Waals surface area contributed by atoms with Crippen molar-refractivity contribution in [1.29, 1.82) is 5.26 Å². The van der Waals surface area contributed by atoms with Crippen LogP contribution in [0.5, 0.6) is 6.01 Å². The maximum atomic E-state index is 12.5. The standard InChI is InChI=1S/C30H37N9O2/c1-4-27(40)39-15-14-38(17-21(39)9-11-31)29-23-10-13-37(28-20(2)7-8-25-24(28)16-32-35-25)18-26(23)33-30(34-29)41-19-22-6-5-12-36(22)3/h4,7-8,16,21-22H,1,5-6,9-10,12-15,17-19H2,2-3H3,(H,32,35)/t21?,22-/m1/s1. The average Bonchev–Trinajstić information content (AvgIpc) is 3.63. The predicted octanol–water partition coefficient (Wildman–Crippen LogP) is 2.81. The third kappa shape index (κ3) is 5.20. The molecule has 41 heavy (non-hydrogen) atoms. The molecule has 2 atom stereocenters. The number of nitrogens with one attached hydrogen (secondary N) is 1. The first kappa shape index (κ1) is 27.0. The Balaban J connectivity index is 1.34. The molecule has 0 radical (unpaired) electrons. The summed E-state index contributed by atoms with van der Waals surface area (Å²) in [4.78, 5) is 31.1. The van der Waals surface area contributed by atoms with E-state index in [1.54, 1.807) is 4.90 Å². The van der Waals surface area contributed by atoms with Crippen LogP contribution in [0.15, 0.2) is 31.0 Å². The van der Waals surface area contributed by atoms with Crippen LogP contribution in [0.1, 0.15) is 36.1 Å². The largest absolute Gasteiger partial charge is 0.462 e. The maximum absolute atomic E-state index is 12.5. The van der Waals surface area contributed by atoms with E-state index in [4.69, 9.17) is 14.7 Å². The summed E-state index contributed by atoms with van der Waals surface area (Å²) in [6.07, 6.45) is 6.52. The summed E-state index contributed by atoms with van der Waals surface area (Å²) in [6, 6.07) is 6.96. The lowest BCUT2D eigenvalue weighted by molar-refractivity contribution is -0.128. The molecule has 0 spiro atoms. The first-order chi connectivity index (χ1) is 20.0. The van der Waals surface area contributed by atoms with Crippen LogP contribution in [0, 0.1) is 18.3 Å². The average molecular weight is 556 g/mol. The second-order valence-electron chi connectivity index (χ2n) is 11.3. The van der Waals surface area contributed by atoms with Crippen LogP contribution >= 0.6 is 0 Å². The van der Waals surface area contributed by atoms with E-state index in [0.29, 0.717) is 44.8 Å². The summed E-state index contributed by atoms with van der Waals surface area (Å²) in [7, 11) is 2.14. The number of carbonyl (C=O) groups excluding carboxylic acids is 1. The summed E-state index contributed by atoms with van der Waals surface area (Å²) < 4.78 is 6.28. The van der Waals surface area contributed by atoms with Crippen molar-refractivity contribution < 1.29 is 9.53 Å². The number of nitriles is 1. The van der Waals surface area contributed by atoms with Gasteiger partial charge in [0, 0.05) is 43.2 Å². The number of aromatic nitrogens is 4. The molecule has 2 aromatic heterocycles. The van der Waals surface area contributed by atoms with Gasteiger partial charge in [-0.25, -0.2) is 0 Å². The van der Waals surface area contributed by atoms with E-state index in [1.165, 1.54) is 23.7 Å². The van der Waals surface area contributed by atoms with Crippen molar-refractivity contribution in [1.82, 2.24) is 30.0 Å². The number of aromatic amines is 1. The Morgan fingerprint density at radius 3 is 2.88 bits per heavy atom. The lowest BCUT2D eigenvalue weighted by Gasteiger charge is -2.42. The zero-order chi connectivity index (χ0) is 28.5. The number of ether oxygens (including phenoxy) is 1. The number of hydrogen-bond acceptors (Lipinski definition) is 9. The number of piperazine rings is 1. The molecule has 0 saturated carbocycles. The third-order valence-electron chi connectivity index (χ3n) is 8.78. The normalized spacial score (nSPS) is 21.1. The number of amides is 1. The fraction of sp³-hybridized carbons (Fsp3) is 0.500. The number of H-pyrrole nitrogens is 1. The summed E-state index contributed by atoms with van der Waals surface area (Å²) in [5.41, 5.74) is 5.45. The molecule has 1 N–H and O–H groups in total. The maximum Gasteiger partial charge on any atom is 0.318 e. The van der Waals surface area contributed by atoms with E-state index in [2.05, 4.69) is 63.6 Å². The van der Waals surface area contributed by atoms with Gasteiger partial charge in [0.25, 0.3) is 0 Å². The van der Waals surface area contributed by atoms with Crippen LogP contribution in [0.3, 0.4) is 0 Å². The molecule has 6 rings (SSSR count). The van der Waals surface area contributed by atoms with E-state index in [0.717, 1.165) is 53.9 Å². The number of fused-ring (bicyclic) bond motifs is 2. The van der Waals surface area contributed by atoms with E-state index in [9.17, 15) is 10.1 Å². The summed E-state index contributed by atoms with van der Waals surface area (Å²) in [5, 5.41) is 18.0. The van der Waals surface area contributed by atoms with Crippen LogP contribution in [0.2, 0.25) is 0 Å². The van der Waals surface area contributed by atoms with Crippen LogP contribution in [0.25, 0.3) is 10.9 Å². The van der Waals surface area contributed by atoms with Crippen molar-refractivity contribution in [3.63, 3.8) is 0 Å². The Hall–Kier alpha value is -4.17. The third-order valence-corrected chi connectivity index (χ3v) is 8.78. The Morgan fingerprint density at radius 2 is 2.10 bits per heavy atom. The SMILES string of the molecule is C=CC(=O)N1CCN(c2nc(OC[C@H]3CCCN3C)nc3c2CCN(c2c(C)ccc4[nH]ncc24)C3)CC1CC#N. The molecule has 1 aromatic carbocycles. The minimum atomic E-state index is -0.234.